The second kappa shape index (κ2) is 4.78. The molecular weight excluding hydrogens is 178 g/mol. The molecule has 0 aromatic rings. The van der Waals surface area contributed by atoms with Gasteiger partial charge in [0.05, 0.1) is 13.0 Å². The highest BCUT2D eigenvalue weighted by Gasteiger charge is 2.38. The van der Waals surface area contributed by atoms with Crippen molar-refractivity contribution in [3.63, 3.8) is 0 Å². The van der Waals surface area contributed by atoms with Crippen LogP contribution >= 0.6 is 0 Å². The van der Waals surface area contributed by atoms with Gasteiger partial charge in [0.25, 0.3) is 0 Å². The highest BCUT2D eigenvalue weighted by Crippen LogP contribution is 2.43. The van der Waals surface area contributed by atoms with Gasteiger partial charge in [-0.2, -0.15) is 0 Å². The van der Waals surface area contributed by atoms with Crippen LogP contribution in [-0.4, -0.2) is 19.1 Å². The van der Waals surface area contributed by atoms with Crippen LogP contribution in [0.4, 0.5) is 0 Å². The molecule has 82 valence electrons. The highest BCUT2D eigenvalue weighted by atomic mass is 16.5. The Kier molecular flexibility index (Phi) is 3.93. The first-order valence-corrected chi connectivity index (χ1v) is 5.47. The summed E-state index contributed by atoms with van der Waals surface area (Å²) in [5.74, 6) is 0.611. The summed E-state index contributed by atoms with van der Waals surface area (Å²) in [7, 11) is 0. The molecule has 0 heterocycles. The Bertz CT molecular complexity index is 205. The van der Waals surface area contributed by atoms with E-state index in [-0.39, 0.29) is 11.4 Å². The molecule has 0 saturated heterocycles. The van der Waals surface area contributed by atoms with Crippen LogP contribution < -0.4 is 5.73 Å². The molecule has 1 saturated carbocycles. The zero-order valence-corrected chi connectivity index (χ0v) is 9.21. The van der Waals surface area contributed by atoms with E-state index >= 15 is 0 Å². The fourth-order valence-corrected chi connectivity index (χ4v) is 2.43. The van der Waals surface area contributed by atoms with E-state index in [1.54, 1.807) is 0 Å². The number of esters is 1. The van der Waals surface area contributed by atoms with Gasteiger partial charge in [0, 0.05) is 0 Å². The maximum atomic E-state index is 11.4. The van der Waals surface area contributed by atoms with E-state index in [0.29, 0.717) is 25.5 Å². The first-order chi connectivity index (χ1) is 6.62. The van der Waals surface area contributed by atoms with Gasteiger partial charge in [-0.1, -0.05) is 13.3 Å². The van der Waals surface area contributed by atoms with E-state index in [4.69, 9.17) is 10.5 Å². The molecule has 0 bridgehead atoms. The van der Waals surface area contributed by atoms with Crippen LogP contribution in [0.15, 0.2) is 0 Å². The van der Waals surface area contributed by atoms with Crippen LogP contribution in [0.5, 0.6) is 0 Å². The molecule has 2 N–H and O–H groups in total. The smallest absolute Gasteiger partial charge is 0.306 e. The molecule has 1 aliphatic carbocycles. The quantitative estimate of drug-likeness (QED) is 0.701. The Morgan fingerprint density at radius 2 is 2.36 bits per heavy atom. The second-order valence-corrected chi connectivity index (χ2v) is 4.53. The number of hydrogen-bond donors (Lipinski definition) is 1. The lowest BCUT2D eigenvalue weighted by molar-refractivity contribution is -0.145. The molecule has 3 heteroatoms. The minimum absolute atomic E-state index is 0.0334. The van der Waals surface area contributed by atoms with Crippen LogP contribution in [0, 0.1) is 11.3 Å². The molecule has 1 aliphatic rings. The molecule has 2 unspecified atom stereocenters. The van der Waals surface area contributed by atoms with Crippen molar-refractivity contribution >= 4 is 5.97 Å². The number of carbonyl (C=O) groups is 1. The van der Waals surface area contributed by atoms with Crippen LogP contribution in [0.1, 0.15) is 39.5 Å². The molecule has 2 atom stereocenters. The van der Waals surface area contributed by atoms with Crippen LogP contribution in [0.3, 0.4) is 0 Å². The van der Waals surface area contributed by atoms with Crippen LogP contribution in [-0.2, 0) is 9.53 Å². The first-order valence-electron chi connectivity index (χ1n) is 5.47. The Morgan fingerprint density at radius 1 is 1.64 bits per heavy atom. The zero-order valence-electron chi connectivity index (χ0n) is 9.21. The maximum Gasteiger partial charge on any atom is 0.306 e. The lowest BCUT2D eigenvalue weighted by Gasteiger charge is -2.26. The largest absolute Gasteiger partial charge is 0.466 e. The standard InChI is InChI=1S/C11H21NO2/c1-3-14-10(13)7-11(8-12)5-4-9(2)6-11/h9H,3-8,12H2,1-2H3. The fourth-order valence-electron chi connectivity index (χ4n) is 2.43. The Morgan fingerprint density at radius 3 is 2.79 bits per heavy atom. The Hall–Kier alpha value is -0.570. The van der Waals surface area contributed by atoms with Crippen molar-refractivity contribution in [2.24, 2.45) is 17.1 Å². The van der Waals surface area contributed by atoms with Crippen LogP contribution in [0.25, 0.3) is 0 Å². The van der Waals surface area contributed by atoms with Crippen molar-refractivity contribution < 1.29 is 9.53 Å². The topological polar surface area (TPSA) is 52.3 Å². The van der Waals surface area contributed by atoms with Gasteiger partial charge in [-0.25, -0.2) is 0 Å². The number of hydrogen-bond acceptors (Lipinski definition) is 3. The van der Waals surface area contributed by atoms with Crippen molar-refractivity contribution in [3.05, 3.63) is 0 Å². The monoisotopic (exact) mass is 199 g/mol. The summed E-state index contributed by atoms with van der Waals surface area (Å²) in [6.45, 7) is 5.14. The summed E-state index contributed by atoms with van der Waals surface area (Å²) in [4.78, 5) is 11.4. The van der Waals surface area contributed by atoms with Gasteiger partial charge in [-0.3, -0.25) is 4.79 Å². The van der Waals surface area contributed by atoms with E-state index in [9.17, 15) is 4.79 Å². The summed E-state index contributed by atoms with van der Waals surface area (Å²) >= 11 is 0. The Balaban J connectivity index is 2.50. The van der Waals surface area contributed by atoms with Gasteiger partial charge in [0.2, 0.25) is 0 Å². The predicted octanol–water partition coefficient (Wildman–Crippen LogP) is 1.70. The second-order valence-electron chi connectivity index (χ2n) is 4.53. The molecule has 0 aromatic heterocycles. The van der Waals surface area contributed by atoms with Crippen molar-refractivity contribution in [3.8, 4) is 0 Å². The average Bonchev–Trinajstić information content (AvgIpc) is 2.48. The normalized spacial score (nSPS) is 31.8. The van der Waals surface area contributed by atoms with E-state index in [1.807, 2.05) is 6.92 Å². The Labute approximate surface area is 86.0 Å². The third-order valence-electron chi connectivity index (χ3n) is 3.21. The number of ether oxygens (including phenoxy) is 1. The zero-order chi connectivity index (χ0) is 10.6. The molecule has 0 aliphatic heterocycles. The predicted molar refractivity (Wildman–Crippen MR) is 55.8 cm³/mol. The van der Waals surface area contributed by atoms with E-state index in [1.165, 1.54) is 6.42 Å². The van der Waals surface area contributed by atoms with Crippen molar-refractivity contribution in [2.75, 3.05) is 13.2 Å². The number of rotatable bonds is 4. The molecule has 0 aromatic carbocycles. The fraction of sp³-hybridized carbons (Fsp3) is 0.909. The summed E-state index contributed by atoms with van der Waals surface area (Å²) in [5.41, 5.74) is 5.80. The third kappa shape index (κ3) is 2.71. The molecule has 0 amide bonds. The van der Waals surface area contributed by atoms with Gasteiger partial charge in [0.15, 0.2) is 0 Å². The van der Waals surface area contributed by atoms with E-state index < -0.39 is 0 Å². The maximum absolute atomic E-state index is 11.4. The number of nitrogens with two attached hydrogens (primary N) is 1. The molecule has 1 rings (SSSR count). The van der Waals surface area contributed by atoms with Gasteiger partial charge < -0.3 is 10.5 Å². The van der Waals surface area contributed by atoms with Crippen molar-refractivity contribution in [1.29, 1.82) is 0 Å². The van der Waals surface area contributed by atoms with Gasteiger partial charge in [-0.05, 0) is 37.6 Å². The van der Waals surface area contributed by atoms with Crippen molar-refractivity contribution in [1.82, 2.24) is 0 Å². The summed E-state index contributed by atoms with van der Waals surface area (Å²) in [6.07, 6.45) is 3.84. The van der Waals surface area contributed by atoms with Crippen molar-refractivity contribution in [2.45, 2.75) is 39.5 Å². The highest BCUT2D eigenvalue weighted by molar-refractivity contribution is 5.70. The molecule has 0 spiro atoms. The van der Waals surface area contributed by atoms with Gasteiger partial charge in [-0.15, -0.1) is 0 Å². The third-order valence-corrected chi connectivity index (χ3v) is 3.21. The minimum Gasteiger partial charge on any atom is -0.466 e. The summed E-state index contributed by atoms with van der Waals surface area (Å²) in [6, 6.07) is 0. The molecule has 1 fully saturated rings. The van der Waals surface area contributed by atoms with E-state index in [2.05, 4.69) is 6.92 Å². The molecule has 14 heavy (non-hydrogen) atoms. The number of carbonyl (C=O) groups excluding carboxylic acids is 1. The SMILES string of the molecule is CCOC(=O)CC1(CN)CCC(C)C1. The lowest BCUT2D eigenvalue weighted by atomic mass is 9.82. The van der Waals surface area contributed by atoms with Crippen LogP contribution in [0.2, 0.25) is 0 Å². The van der Waals surface area contributed by atoms with E-state index in [0.717, 1.165) is 12.8 Å². The minimum atomic E-state index is -0.0907. The average molecular weight is 199 g/mol. The summed E-state index contributed by atoms with van der Waals surface area (Å²) < 4.78 is 4.97. The lowest BCUT2D eigenvalue weighted by Crippen LogP contribution is -2.31. The molecule has 0 radical (unpaired) electrons. The summed E-state index contributed by atoms with van der Waals surface area (Å²) in [5, 5.41) is 0. The van der Waals surface area contributed by atoms with Gasteiger partial charge in [0.1, 0.15) is 0 Å². The first kappa shape index (κ1) is 11.5. The van der Waals surface area contributed by atoms with Gasteiger partial charge >= 0.3 is 5.97 Å². The molecule has 3 nitrogen and oxygen atoms in total. The molecular formula is C11H21NO2.